The molecule has 8 heteroatoms. The maximum atomic E-state index is 13.7. The number of hydrogen-bond acceptors (Lipinski definition) is 2. The van der Waals surface area contributed by atoms with Gasteiger partial charge in [0.15, 0.2) is 5.11 Å². The summed E-state index contributed by atoms with van der Waals surface area (Å²) in [4.78, 5) is 11.7. The Kier molecular flexibility index (Phi) is 4.84. The van der Waals surface area contributed by atoms with Gasteiger partial charge in [0.05, 0.1) is 5.69 Å². The van der Waals surface area contributed by atoms with E-state index in [0.717, 1.165) is 6.07 Å². The first kappa shape index (κ1) is 15.6. The van der Waals surface area contributed by atoms with Gasteiger partial charge in [0.2, 0.25) is 0 Å². The Balaban J connectivity index is 2.01. The lowest BCUT2D eigenvalue weighted by atomic mass is 10.2. The number of hydrogen-bond donors (Lipinski definition) is 4. The minimum atomic E-state index is -0.618. The monoisotopic (exact) mass is 322 g/mol. The van der Waals surface area contributed by atoms with E-state index in [-0.39, 0.29) is 16.5 Å². The minimum absolute atomic E-state index is 0.0614. The van der Waals surface area contributed by atoms with E-state index in [4.69, 9.17) is 5.73 Å². The third kappa shape index (κ3) is 4.38. The van der Waals surface area contributed by atoms with Crippen LogP contribution in [0.2, 0.25) is 0 Å². The lowest BCUT2D eigenvalue weighted by Crippen LogP contribution is -2.21. The second kappa shape index (κ2) is 6.81. The number of thiocarbonyl (C=S) groups is 1. The van der Waals surface area contributed by atoms with E-state index in [1.54, 1.807) is 0 Å². The molecule has 5 nitrogen and oxygen atoms in total. The van der Waals surface area contributed by atoms with Crippen molar-refractivity contribution in [1.82, 2.24) is 0 Å². The molecular weight excluding hydrogens is 310 g/mol. The van der Waals surface area contributed by atoms with Crippen molar-refractivity contribution in [3.63, 3.8) is 0 Å². The van der Waals surface area contributed by atoms with E-state index >= 15 is 0 Å². The maximum absolute atomic E-state index is 13.7. The number of halogens is 2. The number of nitrogens with two attached hydrogens (primary N) is 1. The van der Waals surface area contributed by atoms with E-state index < -0.39 is 17.7 Å². The molecule has 0 atom stereocenters. The number of amides is 2. The van der Waals surface area contributed by atoms with E-state index in [0.29, 0.717) is 5.69 Å². The molecule has 2 rings (SSSR count). The van der Waals surface area contributed by atoms with Crippen LogP contribution >= 0.6 is 12.2 Å². The van der Waals surface area contributed by atoms with Crippen LogP contribution in [0.1, 0.15) is 0 Å². The highest BCUT2D eigenvalue weighted by Crippen LogP contribution is 2.19. The minimum Gasteiger partial charge on any atom is -0.376 e. The number of urea groups is 1. The fourth-order valence-corrected chi connectivity index (χ4v) is 1.76. The zero-order valence-electron chi connectivity index (χ0n) is 11.2. The molecule has 0 fully saturated rings. The molecule has 0 radical (unpaired) electrons. The standard InChI is InChI=1S/C14H12F2N4OS/c15-8-1-3-9(4-2-8)18-14(21)19-10-5-6-12(11(16)7-10)20-13(17)22/h1-7H,(H3,17,20,22)(H2,18,19,21). The number of carbonyl (C=O) groups is 1. The molecule has 0 spiro atoms. The molecule has 0 heterocycles. The number of anilines is 3. The average Bonchev–Trinajstić information content (AvgIpc) is 2.44. The molecule has 22 heavy (non-hydrogen) atoms. The van der Waals surface area contributed by atoms with Gasteiger partial charge in [-0.15, -0.1) is 0 Å². The van der Waals surface area contributed by atoms with E-state index in [1.807, 2.05) is 0 Å². The quantitative estimate of drug-likeness (QED) is 0.654. The Bertz CT molecular complexity index is 706. The molecule has 2 aromatic rings. The second-order valence-electron chi connectivity index (χ2n) is 4.27. The molecule has 0 aliphatic rings. The number of benzene rings is 2. The van der Waals surface area contributed by atoms with Crippen LogP contribution in [-0.2, 0) is 0 Å². The van der Waals surface area contributed by atoms with Gasteiger partial charge >= 0.3 is 6.03 Å². The molecule has 114 valence electrons. The van der Waals surface area contributed by atoms with Gasteiger partial charge in [-0.05, 0) is 54.7 Å². The third-order valence-corrected chi connectivity index (χ3v) is 2.69. The first-order chi connectivity index (χ1) is 10.4. The first-order valence-corrected chi connectivity index (χ1v) is 6.54. The fourth-order valence-electron chi connectivity index (χ4n) is 1.65. The Hall–Kier alpha value is -2.74. The van der Waals surface area contributed by atoms with Gasteiger partial charge in [0, 0.05) is 11.4 Å². The zero-order chi connectivity index (χ0) is 16.1. The van der Waals surface area contributed by atoms with Gasteiger partial charge in [-0.2, -0.15) is 0 Å². The second-order valence-corrected chi connectivity index (χ2v) is 4.71. The first-order valence-electron chi connectivity index (χ1n) is 6.13. The lowest BCUT2D eigenvalue weighted by Gasteiger charge is -2.10. The lowest BCUT2D eigenvalue weighted by molar-refractivity contribution is 0.262. The summed E-state index contributed by atoms with van der Waals surface area (Å²) < 4.78 is 26.5. The van der Waals surface area contributed by atoms with Crippen LogP contribution in [0.3, 0.4) is 0 Å². The topological polar surface area (TPSA) is 79.2 Å². The van der Waals surface area contributed by atoms with Crippen molar-refractivity contribution in [3.8, 4) is 0 Å². The van der Waals surface area contributed by atoms with E-state index in [9.17, 15) is 13.6 Å². The summed E-state index contributed by atoms with van der Waals surface area (Å²) in [7, 11) is 0. The molecular formula is C14H12F2N4OS. The summed E-state index contributed by atoms with van der Waals surface area (Å²) >= 11 is 4.62. The largest absolute Gasteiger partial charge is 0.376 e. The van der Waals surface area contributed by atoms with Crippen LogP contribution in [0.15, 0.2) is 42.5 Å². The van der Waals surface area contributed by atoms with Gasteiger partial charge < -0.3 is 21.7 Å². The van der Waals surface area contributed by atoms with E-state index in [2.05, 4.69) is 28.2 Å². The van der Waals surface area contributed by atoms with Crippen molar-refractivity contribution < 1.29 is 13.6 Å². The van der Waals surface area contributed by atoms with Gasteiger partial charge in [0.25, 0.3) is 0 Å². The van der Waals surface area contributed by atoms with Crippen molar-refractivity contribution >= 4 is 40.4 Å². The highest BCUT2D eigenvalue weighted by molar-refractivity contribution is 7.80. The van der Waals surface area contributed by atoms with Crippen molar-refractivity contribution in [2.24, 2.45) is 5.73 Å². The highest BCUT2D eigenvalue weighted by atomic mass is 32.1. The molecule has 0 aromatic heterocycles. The van der Waals surface area contributed by atoms with Crippen LogP contribution < -0.4 is 21.7 Å². The van der Waals surface area contributed by atoms with Gasteiger partial charge in [0.1, 0.15) is 11.6 Å². The predicted octanol–water partition coefficient (Wildman–Crippen LogP) is 3.26. The summed E-state index contributed by atoms with van der Waals surface area (Å²) in [5.41, 5.74) is 6.01. The van der Waals surface area contributed by atoms with Crippen LogP contribution in [0.4, 0.5) is 30.6 Å². The van der Waals surface area contributed by atoms with Gasteiger partial charge in [-0.3, -0.25) is 0 Å². The Morgan fingerprint density at radius 1 is 0.955 bits per heavy atom. The van der Waals surface area contributed by atoms with Crippen molar-refractivity contribution in [2.45, 2.75) is 0 Å². The molecule has 2 amide bonds. The maximum Gasteiger partial charge on any atom is 0.323 e. The third-order valence-electron chi connectivity index (χ3n) is 2.59. The van der Waals surface area contributed by atoms with Crippen LogP contribution in [0.25, 0.3) is 0 Å². The smallest absolute Gasteiger partial charge is 0.323 e. The molecule has 0 saturated heterocycles. The Morgan fingerprint density at radius 2 is 1.55 bits per heavy atom. The van der Waals surface area contributed by atoms with Crippen molar-refractivity contribution in [2.75, 3.05) is 16.0 Å². The fraction of sp³-hybridized carbons (Fsp3) is 0. The highest BCUT2D eigenvalue weighted by Gasteiger charge is 2.07. The average molecular weight is 322 g/mol. The molecule has 0 unspecified atom stereocenters. The Labute approximate surface area is 130 Å². The molecule has 0 aliphatic carbocycles. The summed E-state index contributed by atoms with van der Waals surface area (Å²) in [5.74, 6) is -1.03. The zero-order valence-corrected chi connectivity index (χ0v) is 12.0. The van der Waals surface area contributed by atoms with E-state index in [1.165, 1.54) is 36.4 Å². The number of rotatable bonds is 3. The molecule has 2 aromatic carbocycles. The number of carbonyl (C=O) groups excluding carboxylic acids is 1. The molecule has 0 saturated carbocycles. The van der Waals surface area contributed by atoms with Crippen molar-refractivity contribution in [1.29, 1.82) is 0 Å². The molecule has 0 aliphatic heterocycles. The predicted molar refractivity (Wildman–Crippen MR) is 85.8 cm³/mol. The van der Waals surface area contributed by atoms with Gasteiger partial charge in [-0.25, -0.2) is 13.6 Å². The molecule has 5 N–H and O–H groups in total. The van der Waals surface area contributed by atoms with Gasteiger partial charge in [-0.1, -0.05) is 0 Å². The van der Waals surface area contributed by atoms with Crippen LogP contribution in [0.5, 0.6) is 0 Å². The number of nitrogens with one attached hydrogen (secondary N) is 3. The van der Waals surface area contributed by atoms with Crippen LogP contribution in [-0.4, -0.2) is 11.1 Å². The SMILES string of the molecule is NC(=S)Nc1ccc(NC(=O)Nc2ccc(F)cc2)cc1F. The Morgan fingerprint density at radius 3 is 2.14 bits per heavy atom. The summed E-state index contributed by atoms with van der Waals surface area (Å²) in [6, 6.07) is 8.65. The van der Waals surface area contributed by atoms with Crippen molar-refractivity contribution in [3.05, 3.63) is 54.1 Å². The normalized spacial score (nSPS) is 9.91. The molecule has 0 bridgehead atoms. The summed E-state index contributed by atoms with van der Waals surface area (Å²) in [6.07, 6.45) is 0. The summed E-state index contributed by atoms with van der Waals surface area (Å²) in [5, 5.41) is 7.35. The van der Waals surface area contributed by atoms with Crippen LogP contribution in [0, 0.1) is 11.6 Å². The summed E-state index contributed by atoms with van der Waals surface area (Å²) in [6.45, 7) is 0.